The Morgan fingerprint density at radius 3 is 2.81 bits per heavy atom. The predicted molar refractivity (Wildman–Crippen MR) is 101 cm³/mol. The summed E-state index contributed by atoms with van der Waals surface area (Å²) in [6.07, 6.45) is 0.899. The smallest absolute Gasteiger partial charge is 0.318 e. The Kier molecular flexibility index (Phi) is 6.50. The Bertz CT molecular complexity index is 705. The van der Waals surface area contributed by atoms with Crippen molar-refractivity contribution in [3.63, 3.8) is 0 Å². The van der Waals surface area contributed by atoms with Gasteiger partial charge >= 0.3 is 6.03 Å². The molecule has 5 heteroatoms. The Morgan fingerprint density at radius 2 is 2.00 bits per heavy atom. The molecule has 26 heavy (non-hydrogen) atoms. The van der Waals surface area contributed by atoms with Crippen LogP contribution in [0.4, 0.5) is 4.79 Å². The molecule has 1 fully saturated rings. The summed E-state index contributed by atoms with van der Waals surface area (Å²) in [6, 6.07) is 18.0. The Labute approximate surface area is 154 Å². The first-order valence-corrected chi connectivity index (χ1v) is 9.14. The average Bonchev–Trinajstić information content (AvgIpc) is 2.71. The van der Waals surface area contributed by atoms with E-state index in [1.165, 1.54) is 0 Å². The van der Waals surface area contributed by atoms with Crippen LogP contribution in [0.3, 0.4) is 0 Å². The van der Waals surface area contributed by atoms with E-state index in [-0.39, 0.29) is 12.1 Å². The van der Waals surface area contributed by atoms with Crippen molar-refractivity contribution < 1.29 is 14.3 Å². The van der Waals surface area contributed by atoms with Crippen molar-refractivity contribution in [1.29, 1.82) is 0 Å². The molecule has 1 aliphatic heterocycles. The monoisotopic (exact) mass is 354 g/mol. The molecule has 3 rings (SSSR count). The standard InChI is InChI=1S/C21H26N2O3/c1-2-19-16-25-12-11-23(19)21(24)22-14-18-9-6-10-20(13-18)26-15-17-7-4-3-5-8-17/h3-10,13,19H,2,11-12,14-16H2,1H3,(H,22,24). The summed E-state index contributed by atoms with van der Waals surface area (Å²) in [5.74, 6) is 0.804. The van der Waals surface area contributed by atoms with Crippen LogP contribution in [0.15, 0.2) is 54.6 Å². The number of rotatable bonds is 6. The number of hydrogen-bond donors (Lipinski definition) is 1. The van der Waals surface area contributed by atoms with Gasteiger partial charge in [0.2, 0.25) is 0 Å². The molecule has 2 aromatic rings. The first-order chi connectivity index (χ1) is 12.8. The highest BCUT2D eigenvalue weighted by Crippen LogP contribution is 2.16. The van der Waals surface area contributed by atoms with Crippen molar-refractivity contribution in [2.75, 3.05) is 19.8 Å². The molecule has 1 N–H and O–H groups in total. The van der Waals surface area contributed by atoms with Gasteiger partial charge in [-0.15, -0.1) is 0 Å². The first kappa shape index (κ1) is 18.3. The van der Waals surface area contributed by atoms with Gasteiger partial charge in [-0.1, -0.05) is 49.4 Å². The van der Waals surface area contributed by atoms with E-state index < -0.39 is 0 Å². The maximum Gasteiger partial charge on any atom is 0.318 e. The average molecular weight is 354 g/mol. The highest BCUT2D eigenvalue weighted by molar-refractivity contribution is 5.74. The van der Waals surface area contributed by atoms with Gasteiger partial charge in [0, 0.05) is 13.1 Å². The highest BCUT2D eigenvalue weighted by Gasteiger charge is 2.25. The fourth-order valence-electron chi connectivity index (χ4n) is 3.03. The maximum atomic E-state index is 12.5. The lowest BCUT2D eigenvalue weighted by Gasteiger charge is -2.35. The van der Waals surface area contributed by atoms with Crippen molar-refractivity contribution in [3.8, 4) is 5.75 Å². The molecule has 5 nitrogen and oxygen atoms in total. The van der Waals surface area contributed by atoms with E-state index in [1.807, 2.05) is 59.5 Å². The molecule has 1 atom stereocenters. The fourth-order valence-corrected chi connectivity index (χ4v) is 3.03. The molecule has 0 bridgehead atoms. The molecule has 0 aliphatic carbocycles. The Balaban J connectivity index is 1.52. The third-order valence-electron chi connectivity index (χ3n) is 4.55. The predicted octanol–water partition coefficient (Wildman–Crippen LogP) is 3.59. The minimum absolute atomic E-state index is 0.0317. The van der Waals surface area contributed by atoms with Gasteiger partial charge in [-0.3, -0.25) is 0 Å². The van der Waals surface area contributed by atoms with Crippen molar-refractivity contribution in [1.82, 2.24) is 10.2 Å². The summed E-state index contributed by atoms with van der Waals surface area (Å²) in [7, 11) is 0. The van der Waals surface area contributed by atoms with Crippen LogP contribution in [0.1, 0.15) is 24.5 Å². The molecule has 2 amide bonds. The van der Waals surface area contributed by atoms with E-state index >= 15 is 0 Å². The molecule has 2 aromatic carbocycles. The maximum absolute atomic E-state index is 12.5. The lowest BCUT2D eigenvalue weighted by molar-refractivity contribution is 0.0112. The summed E-state index contributed by atoms with van der Waals surface area (Å²) in [5.41, 5.74) is 2.15. The van der Waals surface area contributed by atoms with E-state index in [2.05, 4.69) is 12.2 Å². The summed E-state index contributed by atoms with van der Waals surface area (Å²) in [6.45, 7) is 4.95. The zero-order valence-electron chi connectivity index (χ0n) is 15.2. The van der Waals surface area contributed by atoms with Crippen LogP contribution in [0.25, 0.3) is 0 Å². The van der Waals surface area contributed by atoms with E-state index in [4.69, 9.17) is 9.47 Å². The summed E-state index contributed by atoms with van der Waals surface area (Å²) in [4.78, 5) is 14.3. The number of carbonyl (C=O) groups is 1. The number of nitrogens with zero attached hydrogens (tertiary/aromatic N) is 1. The number of carbonyl (C=O) groups excluding carboxylic acids is 1. The molecule has 0 spiro atoms. The quantitative estimate of drug-likeness (QED) is 0.862. The van der Waals surface area contributed by atoms with Crippen LogP contribution in [0, 0.1) is 0 Å². The molecule has 0 saturated carbocycles. The first-order valence-electron chi connectivity index (χ1n) is 9.14. The fraction of sp³-hybridized carbons (Fsp3) is 0.381. The lowest BCUT2D eigenvalue weighted by atomic mass is 10.2. The summed E-state index contributed by atoms with van der Waals surface area (Å²) in [5, 5.41) is 3.01. The molecular weight excluding hydrogens is 328 g/mol. The van der Waals surface area contributed by atoms with Gasteiger partial charge in [-0.2, -0.15) is 0 Å². The molecule has 1 heterocycles. The van der Waals surface area contributed by atoms with E-state index in [9.17, 15) is 4.79 Å². The van der Waals surface area contributed by atoms with Crippen molar-refractivity contribution in [2.45, 2.75) is 32.5 Å². The largest absolute Gasteiger partial charge is 0.489 e. The molecule has 1 aliphatic rings. The van der Waals surface area contributed by atoms with Crippen LogP contribution < -0.4 is 10.1 Å². The number of nitrogens with one attached hydrogen (secondary N) is 1. The van der Waals surface area contributed by atoms with Gasteiger partial charge in [0.1, 0.15) is 12.4 Å². The molecule has 1 saturated heterocycles. The molecule has 0 aromatic heterocycles. The van der Waals surface area contributed by atoms with Crippen LogP contribution in [-0.2, 0) is 17.9 Å². The molecule has 0 radical (unpaired) electrons. The number of ether oxygens (including phenoxy) is 2. The highest BCUT2D eigenvalue weighted by atomic mass is 16.5. The van der Waals surface area contributed by atoms with E-state index in [0.717, 1.165) is 23.3 Å². The third kappa shape index (κ3) is 4.99. The summed E-state index contributed by atoms with van der Waals surface area (Å²) < 4.78 is 11.3. The SMILES string of the molecule is CCC1COCCN1C(=O)NCc1cccc(OCc2ccccc2)c1. The second-order valence-electron chi connectivity index (χ2n) is 6.41. The number of benzene rings is 2. The second-order valence-corrected chi connectivity index (χ2v) is 6.41. The third-order valence-corrected chi connectivity index (χ3v) is 4.55. The number of amides is 2. The van der Waals surface area contributed by atoms with Gasteiger partial charge in [-0.05, 0) is 29.7 Å². The molecule has 1 unspecified atom stereocenters. The van der Waals surface area contributed by atoms with Crippen LogP contribution >= 0.6 is 0 Å². The van der Waals surface area contributed by atoms with Crippen LogP contribution in [-0.4, -0.2) is 36.7 Å². The molecular formula is C21H26N2O3. The Morgan fingerprint density at radius 1 is 1.19 bits per heavy atom. The van der Waals surface area contributed by atoms with Crippen LogP contribution in [0.5, 0.6) is 5.75 Å². The lowest BCUT2D eigenvalue weighted by Crippen LogP contribution is -2.52. The zero-order chi connectivity index (χ0) is 18.2. The van der Waals surface area contributed by atoms with Gasteiger partial charge in [-0.25, -0.2) is 4.79 Å². The van der Waals surface area contributed by atoms with Gasteiger partial charge < -0.3 is 19.7 Å². The number of hydrogen-bond acceptors (Lipinski definition) is 3. The zero-order valence-corrected chi connectivity index (χ0v) is 15.2. The second kappa shape index (κ2) is 9.25. The topological polar surface area (TPSA) is 50.8 Å². The Hall–Kier alpha value is -2.53. The van der Waals surface area contributed by atoms with Gasteiger partial charge in [0.25, 0.3) is 0 Å². The van der Waals surface area contributed by atoms with Crippen molar-refractivity contribution >= 4 is 6.03 Å². The van der Waals surface area contributed by atoms with Gasteiger partial charge in [0.15, 0.2) is 0 Å². The van der Waals surface area contributed by atoms with E-state index in [1.54, 1.807) is 0 Å². The molecule has 138 valence electrons. The van der Waals surface area contributed by atoms with Crippen molar-refractivity contribution in [3.05, 3.63) is 65.7 Å². The normalized spacial score (nSPS) is 17.0. The van der Waals surface area contributed by atoms with Crippen LogP contribution in [0.2, 0.25) is 0 Å². The number of urea groups is 1. The minimum Gasteiger partial charge on any atom is -0.489 e. The van der Waals surface area contributed by atoms with E-state index in [0.29, 0.717) is 32.9 Å². The minimum atomic E-state index is -0.0317. The van der Waals surface area contributed by atoms with Gasteiger partial charge in [0.05, 0.1) is 19.3 Å². The summed E-state index contributed by atoms with van der Waals surface area (Å²) >= 11 is 0. The van der Waals surface area contributed by atoms with Crippen molar-refractivity contribution in [2.24, 2.45) is 0 Å². The number of morpholine rings is 1.